The van der Waals surface area contributed by atoms with E-state index >= 15 is 0 Å². The van der Waals surface area contributed by atoms with E-state index in [0.29, 0.717) is 28.8 Å². The van der Waals surface area contributed by atoms with Crippen LogP contribution in [0.1, 0.15) is 30.0 Å². The maximum absolute atomic E-state index is 8.85. The van der Waals surface area contributed by atoms with Crippen LogP contribution in [0, 0.1) is 0 Å². The molecule has 25 heavy (non-hydrogen) atoms. The largest absolute Gasteiger partial charge is 0.422 e. The van der Waals surface area contributed by atoms with Crippen LogP contribution in [0.4, 0.5) is 11.7 Å². The van der Waals surface area contributed by atoms with Crippen LogP contribution < -0.4 is 11.1 Å². The molecule has 0 atom stereocenters. The number of nitrogens with two attached hydrogens (primary N) is 1. The Morgan fingerprint density at radius 3 is 2.80 bits per heavy atom. The van der Waals surface area contributed by atoms with Gasteiger partial charge in [-0.05, 0) is 42.5 Å². The zero-order valence-electron chi connectivity index (χ0n) is 13.3. The van der Waals surface area contributed by atoms with E-state index in [4.69, 9.17) is 15.4 Å². The molecule has 3 aromatic rings. The Morgan fingerprint density at radius 1 is 1.20 bits per heavy atom. The summed E-state index contributed by atoms with van der Waals surface area (Å²) < 4.78 is 5.70. The summed E-state index contributed by atoms with van der Waals surface area (Å²) in [6.45, 7) is 0. The number of nitrogens with zero attached hydrogens (tertiary/aromatic N) is 4. The number of rotatable bonds is 5. The SMILES string of the molecule is NC(=NO)c1ncccc1Nc1ncc(-c2ccc(C3CC3)cn2)o1. The van der Waals surface area contributed by atoms with Gasteiger partial charge in [0.15, 0.2) is 11.6 Å². The summed E-state index contributed by atoms with van der Waals surface area (Å²) in [6, 6.07) is 7.73. The van der Waals surface area contributed by atoms with Crippen LogP contribution in [-0.2, 0) is 0 Å². The molecule has 4 rings (SSSR count). The topological polar surface area (TPSA) is 122 Å². The first-order chi connectivity index (χ1) is 12.2. The maximum Gasteiger partial charge on any atom is 0.299 e. The molecule has 1 saturated carbocycles. The van der Waals surface area contributed by atoms with Crippen molar-refractivity contribution in [1.29, 1.82) is 0 Å². The summed E-state index contributed by atoms with van der Waals surface area (Å²) in [7, 11) is 0. The fourth-order valence-electron chi connectivity index (χ4n) is 2.53. The summed E-state index contributed by atoms with van der Waals surface area (Å²) >= 11 is 0. The first-order valence-corrected chi connectivity index (χ1v) is 7.86. The van der Waals surface area contributed by atoms with Gasteiger partial charge in [0.2, 0.25) is 0 Å². The lowest BCUT2D eigenvalue weighted by Crippen LogP contribution is -2.16. The first kappa shape index (κ1) is 15.1. The van der Waals surface area contributed by atoms with Crippen LogP contribution >= 0.6 is 0 Å². The second-order valence-electron chi connectivity index (χ2n) is 5.79. The van der Waals surface area contributed by atoms with E-state index < -0.39 is 0 Å². The van der Waals surface area contributed by atoms with Crippen molar-refractivity contribution in [3.05, 3.63) is 54.1 Å². The highest BCUT2D eigenvalue weighted by Gasteiger charge is 2.23. The minimum Gasteiger partial charge on any atom is -0.422 e. The highest BCUT2D eigenvalue weighted by molar-refractivity contribution is 6.00. The number of nitrogens with one attached hydrogen (secondary N) is 1. The van der Waals surface area contributed by atoms with Gasteiger partial charge in [-0.2, -0.15) is 0 Å². The Bertz CT molecular complexity index is 915. The van der Waals surface area contributed by atoms with Gasteiger partial charge in [-0.3, -0.25) is 9.97 Å². The summed E-state index contributed by atoms with van der Waals surface area (Å²) in [5, 5.41) is 14.8. The summed E-state index contributed by atoms with van der Waals surface area (Å²) in [5.74, 6) is 1.11. The lowest BCUT2D eigenvalue weighted by Gasteiger charge is -2.06. The lowest BCUT2D eigenvalue weighted by molar-refractivity contribution is 0.318. The van der Waals surface area contributed by atoms with E-state index in [1.807, 2.05) is 12.3 Å². The maximum atomic E-state index is 8.85. The Balaban J connectivity index is 1.56. The minimum absolute atomic E-state index is 0.104. The number of pyridine rings is 2. The van der Waals surface area contributed by atoms with Crippen LogP contribution in [0.15, 0.2) is 52.4 Å². The molecule has 8 nitrogen and oxygen atoms in total. The molecule has 0 bridgehead atoms. The normalized spacial score (nSPS) is 14.5. The average Bonchev–Trinajstić information content (AvgIpc) is 3.41. The van der Waals surface area contributed by atoms with E-state index in [1.54, 1.807) is 24.5 Å². The molecule has 4 N–H and O–H groups in total. The van der Waals surface area contributed by atoms with Crippen molar-refractivity contribution in [2.45, 2.75) is 18.8 Å². The molecular formula is C17H16N6O2. The highest BCUT2D eigenvalue weighted by Crippen LogP contribution is 2.40. The van der Waals surface area contributed by atoms with Crippen molar-refractivity contribution in [1.82, 2.24) is 15.0 Å². The number of aromatic nitrogens is 3. The van der Waals surface area contributed by atoms with Gasteiger partial charge >= 0.3 is 0 Å². The average molecular weight is 336 g/mol. The lowest BCUT2D eigenvalue weighted by atomic mass is 10.2. The summed E-state index contributed by atoms with van der Waals surface area (Å²) in [6.07, 6.45) is 7.52. The predicted octanol–water partition coefficient (Wildman–Crippen LogP) is 2.85. The van der Waals surface area contributed by atoms with Crippen LogP contribution in [0.25, 0.3) is 11.5 Å². The molecule has 3 heterocycles. The molecule has 1 aliphatic carbocycles. The third-order valence-corrected chi connectivity index (χ3v) is 3.99. The molecule has 1 fully saturated rings. The molecule has 126 valence electrons. The van der Waals surface area contributed by atoms with Crippen molar-refractivity contribution < 1.29 is 9.62 Å². The van der Waals surface area contributed by atoms with E-state index in [1.165, 1.54) is 18.4 Å². The Labute approximate surface area is 143 Å². The Morgan fingerprint density at radius 2 is 2.08 bits per heavy atom. The number of hydrogen-bond acceptors (Lipinski definition) is 7. The second-order valence-corrected chi connectivity index (χ2v) is 5.79. The number of oxazole rings is 1. The zero-order valence-corrected chi connectivity index (χ0v) is 13.3. The molecule has 0 radical (unpaired) electrons. The standard InChI is InChI=1S/C17H16N6O2/c18-16(23-24)15-13(2-1-7-19-15)22-17-21-9-14(25-17)12-6-5-11(8-20-12)10-3-4-10/h1-2,5-10,24H,3-4H2,(H2,18,23)(H,21,22). The zero-order chi connectivity index (χ0) is 17.2. The van der Waals surface area contributed by atoms with Gasteiger partial charge < -0.3 is 20.7 Å². The Kier molecular flexibility index (Phi) is 3.77. The number of amidine groups is 1. The molecule has 0 spiro atoms. The van der Waals surface area contributed by atoms with Crippen molar-refractivity contribution in [3.63, 3.8) is 0 Å². The van der Waals surface area contributed by atoms with Gasteiger partial charge in [0.1, 0.15) is 11.4 Å². The minimum atomic E-state index is -0.104. The van der Waals surface area contributed by atoms with Crippen molar-refractivity contribution in [3.8, 4) is 11.5 Å². The molecule has 3 aromatic heterocycles. The van der Waals surface area contributed by atoms with Crippen LogP contribution in [0.2, 0.25) is 0 Å². The quantitative estimate of drug-likeness (QED) is 0.283. The van der Waals surface area contributed by atoms with Crippen LogP contribution in [0.5, 0.6) is 0 Å². The van der Waals surface area contributed by atoms with Gasteiger partial charge in [0, 0.05) is 12.4 Å². The fourth-order valence-corrected chi connectivity index (χ4v) is 2.53. The molecule has 0 unspecified atom stereocenters. The van der Waals surface area contributed by atoms with Gasteiger partial charge in [-0.25, -0.2) is 4.98 Å². The van der Waals surface area contributed by atoms with Crippen molar-refractivity contribution >= 4 is 17.5 Å². The van der Waals surface area contributed by atoms with Gasteiger partial charge in [-0.15, -0.1) is 0 Å². The number of hydrogen-bond donors (Lipinski definition) is 3. The first-order valence-electron chi connectivity index (χ1n) is 7.86. The third kappa shape index (κ3) is 3.14. The molecular weight excluding hydrogens is 320 g/mol. The van der Waals surface area contributed by atoms with E-state index in [0.717, 1.165) is 0 Å². The predicted molar refractivity (Wildman–Crippen MR) is 91.7 cm³/mol. The molecule has 0 saturated heterocycles. The molecule has 1 aliphatic rings. The van der Waals surface area contributed by atoms with Gasteiger partial charge in [0.25, 0.3) is 6.01 Å². The fraction of sp³-hybridized carbons (Fsp3) is 0.176. The van der Waals surface area contributed by atoms with Crippen molar-refractivity contribution in [2.24, 2.45) is 10.9 Å². The van der Waals surface area contributed by atoms with Crippen LogP contribution in [-0.4, -0.2) is 26.0 Å². The number of anilines is 2. The highest BCUT2D eigenvalue weighted by atomic mass is 16.4. The second kappa shape index (κ2) is 6.23. The third-order valence-electron chi connectivity index (χ3n) is 3.99. The summed E-state index contributed by atoms with van der Waals surface area (Å²) in [5.41, 5.74) is 8.42. The van der Waals surface area contributed by atoms with Gasteiger partial charge in [0.05, 0.1) is 11.9 Å². The molecule has 0 aromatic carbocycles. The van der Waals surface area contributed by atoms with E-state index in [2.05, 4.69) is 31.5 Å². The van der Waals surface area contributed by atoms with Crippen LogP contribution in [0.3, 0.4) is 0 Å². The monoisotopic (exact) mass is 336 g/mol. The molecule has 0 aliphatic heterocycles. The molecule has 8 heteroatoms. The molecule has 0 amide bonds. The van der Waals surface area contributed by atoms with Gasteiger partial charge in [-0.1, -0.05) is 11.2 Å². The van der Waals surface area contributed by atoms with Crippen molar-refractivity contribution in [2.75, 3.05) is 5.32 Å². The Hall–Kier alpha value is -3.42. The smallest absolute Gasteiger partial charge is 0.299 e. The number of oxime groups is 1. The van der Waals surface area contributed by atoms with E-state index in [9.17, 15) is 0 Å². The van der Waals surface area contributed by atoms with E-state index in [-0.39, 0.29) is 11.9 Å². The summed E-state index contributed by atoms with van der Waals surface area (Å²) in [4.78, 5) is 12.7.